The summed E-state index contributed by atoms with van der Waals surface area (Å²) in [6, 6.07) is 23.2. The average Bonchev–Trinajstić information content (AvgIpc) is 2.98. The van der Waals surface area contributed by atoms with E-state index in [4.69, 9.17) is 4.98 Å². The molecule has 0 spiro atoms. The predicted octanol–water partition coefficient (Wildman–Crippen LogP) is 5.72. The fraction of sp³-hybridized carbons (Fsp3) is 0.364. The first-order chi connectivity index (χ1) is 19.0. The number of pyridine rings is 1. The third kappa shape index (κ3) is 5.66. The highest BCUT2D eigenvalue weighted by molar-refractivity contribution is 5.94. The molecule has 1 fully saturated rings. The molecule has 0 saturated carbocycles. The first-order valence-electron chi connectivity index (χ1n) is 14.1. The van der Waals surface area contributed by atoms with E-state index in [0.29, 0.717) is 35.3 Å². The van der Waals surface area contributed by atoms with Gasteiger partial charge in [0.2, 0.25) is 0 Å². The highest BCUT2D eigenvalue weighted by Crippen LogP contribution is 2.32. The molecule has 6 heteroatoms. The molecular formula is C33H38N4O2. The number of carbonyl (C=O) groups is 1. The number of amides is 1. The molecule has 1 aliphatic rings. The molecule has 4 aromatic rings. The van der Waals surface area contributed by atoms with E-state index in [1.54, 1.807) is 10.6 Å². The second kappa shape index (κ2) is 12.0. The third-order valence-corrected chi connectivity index (χ3v) is 8.02. The third-order valence-electron chi connectivity index (χ3n) is 8.02. The van der Waals surface area contributed by atoms with E-state index in [0.717, 1.165) is 36.9 Å². The largest absolute Gasteiger partial charge is 0.326 e. The van der Waals surface area contributed by atoms with Crippen LogP contribution in [0.5, 0.6) is 0 Å². The van der Waals surface area contributed by atoms with Gasteiger partial charge in [-0.25, -0.2) is 4.98 Å². The summed E-state index contributed by atoms with van der Waals surface area (Å²) in [5.41, 5.74) is 4.66. The lowest BCUT2D eigenvalue weighted by Gasteiger charge is -2.42. The van der Waals surface area contributed by atoms with Crippen molar-refractivity contribution in [3.05, 3.63) is 117 Å². The quantitative estimate of drug-likeness (QED) is 0.322. The van der Waals surface area contributed by atoms with E-state index in [2.05, 4.69) is 19.2 Å². The molecule has 0 radical (unpaired) electrons. The molecule has 202 valence electrons. The summed E-state index contributed by atoms with van der Waals surface area (Å²) in [7, 11) is 0. The Morgan fingerprint density at radius 2 is 1.79 bits per heavy atom. The van der Waals surface area contributed by atoms with Crippen LogP contribution in [0.25, 0.3) is 5.65 Å². The number of benzene rings is 2. The highest BCUT2D eigenvalue weighted by Gasteiger charge is 2.36. The minimum Gasteiger partial charge on any atom is -0.326 e. The van der Waals surface area contributed by atoms with Gasteiger partial charge in [0.1, 0.15) is 5.65 Å². The van der Waals surface area contributed by atoms with Gasteiger partial charge in [-0.05, 0) is 69.5 Å². The molecule has 1 saturated heterocycles. The van der Waals surface area contributed by atoms with Gasteiger partial charge in [0.25, 0.3) is 11.5 Å². The molecule has 6 nitrogen and oxygen atoms in total. The maximum atomic E-state index is 14.3. The summed E-state index contributed by atoms with van der Waals surface area (Å²) < 4.78 is 1.62. The zero-order valence-electron chi connectivity index (χ0n) is 23.1. The van der Waals surface area contributed by atoms with Crippen LogP contribution < -0.4 is 10.9 Å². The maximum absolute atomic E-state index is 14.3. The number of hydrogen-bond acceptors (Lipinski definition) is 4. The lowest BCUT2D eigenvalue weighted by molar-refractivity contribution is 0.0500. The lowest BCUT2D eigenvalue weighted by Crippen LogP contribution is -2.53. The van der Waals surface area contributed by atoms with Crippen molar-refractivity contribution in [2.75, 3.05) is 6.54 Å². The van der Waals surface area contributed by atoms with Crippen molar-refractivity contribution in [2.24, 2.45) is 0 Å². The summed E-state index contributed by atoms with van der Waals surface area (Å²) in [4.78, 5) is 35.4. The molecule has 0 aliphatic carbocycles. The van der Waals surface area contributed by atoms with Crippen LogP contribution in [-0.2, 0) is 6.42 Å². The molecule has 3 heterocycles. The van der Waals surface area contributed by atoms with Crippen LogP contribution >= 0.6 is 0 Å². The first kappa shape index (κ1) is 26.8. The Balaban J connectivity index is 1.67. The molecule has 0 bridgehead atoms. The zero-order valence-corrected chi connectivity index (χ0v) is 23.1. The van der Waals surface area contributed by atoms with Crippen LogP contribution in [-0.4, -0.2) is 38.8 Å². The van der Waals surface area contributed by atoms with E-state index in [-0.39, 0.29) is 29.6 Å². The van der Waals surface area contributed by atoms with E-state index in [1.807, 2.05) is 84.6 Å². The van der Waals surface area contributed by atoms with Gasteiger partial charge in [0.15, 0.2) is 0 Å². The predicted molar refractivity (Wildman–Crippen MR) is 156 cm³/mol. The minimum absolute atomic E-state index is 0.0255. The normalized spacial score (nSPS) is 17.1. The van der Waals surface area contributed by atoms with Gasteiger partial charge < -0.3 is 10.2 Å². The van der Waals surface area contributed by atoms with E-state index in [1.165, 1.54) is 0 Å². The number of aryl methyl sites for hydroxylation is 1. The molecule has 5 rings (SSSR count). The maximum Gasteiger partial charge on any atom is 0.261 e. The van der Waals surface area contributed by atoms with Crippen molar-refractivity contribution >= 4 is 11.6 Å². The van der Waals surface area contributed by atoms with Gasteiger partial charge in [-0.2, -0.15) is 0 Å². The highest BCUT2D eigenvalue weighted by atomic mass is 16.2. The van der Waals surface area contributed by atoms with Gasteiger partial charge in [0.05, 0.1) is 11.7 Å². The van der Waals surface area contributed by atoms with Crippen molar-refractivity contribution in [1.29, 1.82) is 0 Å². The van der Waals surface area contributed by atoms with Gasteiger partial charge >= 0.3 is 0 Å². The number of fused-ring (bicyclic) bond motifs is 1. The van der Waals surface area contributed by atoms with Crippen LogP contribution in [0.15, 0.2) is 83.8 Å². The number of rotatable bonds is 8. The number of hydrogen-bond donors (Lipinski definition) is 1. The van der Waals surface area contributed by atoms with Crippen LogP contribution in [0.2, 0.25) is 0 Å². The summed E-state index contributed by atoms with van der Waals surface area (Å²) in [5.74, 6) is -0.0255. The molecule has 1 amide bonds. The Bertz CT molecular complexity index is 1470. The molecule has 39 heavy (non-hydrogen) atoms. The second-order valence-electron chi connectivity index (χ2n) is 10.7. The SMILES string of the molecule is CCC(c1nc2ccccn2c(=O)c1Cc1ccccc1)N(C(=O)c1ccc(C)cc1)C(C)C1CCCCN1. The number of piperidine rings is 1. The summed E-state index contributed by atoms with van der Waals surface area (Å²) >= 11 is 0. The zero-order chi connectivity index (χ0) is 27.4. The minimum atomic E-state index is -0.353. The van der Waals surface area contributed by atoms with Crippen LogP contribution in [0, 0.1) is 6.92 Å². The molecule has 1 N–H and O–H groups in total. The monoisotopic (exact) mass is 522 g/mol. The van der Waals surface area contributed by atoms with Crippen molar-refractivity contribution in [3.63, 3.8) is 0 Å². The Morgan fingerprint density at radius 3 is 2.49 bits per heavy atom. The van der Waals surface area contributed by atoms with Crippen molar-refractivity contribution in [3.8, 4) is 0 Å². The lowest BCUT2D eigenvalue weighted by atomic mass is 9.92. The molecule has 3 atom stereocenters. The Kier molecular flexibility index (Phi) is 8.22. The average molecular weight is 523 g/mol. The molecule has 1 aliphatic heterocycles. The van der Waals surface area contributed by atoms with Gasteiger partial charge in [-0.3, -0.25) is 14.0 Å². The number of carbonyl (C=O) groups excluding carboxylic acids is 1. The summed E-state index contributed by atoms with van der Waals surface area (Å²) in [6.07, 6.45) is 6.18. The number of nitrogens with one attached hydrogen (secondary N) is 1. The Hall–Kier alpha value is -3.77. The fourth-order valence-corrected chi connectivity index (χ4v) is 5.85. The standard InChI is InChI=1S/C33H38N4O2/c1-4-29(37(24(3)28-14-8-10-20-34-28)32(38)26-18-16-23(2)17-19-26)31-27(22-25-12-6-5-7-13-25)33(39)36-21-11-9-15-30(36)35-31/h5-7,9,11-13,15-19,21,24,28-29,34H,4,8,10,14,20,22H2,1-3H3. The second-order valence-corrected chi connectivity index (χ2v) is 10.7. The number of nitrogens with zero attached hydrogens (tertiary/aromatic N) is 3. The fourth-order valence-electron chi connectivity index (χ4n) is 5.85. The van der Waals surface area contributed by atoms with E-state index >= 15 is 0 Å². The molecular weight excluding hydrogens is 484 g/mol. The number of aromatic nitrogens is 2. The van der Waals surface area contributed by atoms with E-state index < -0.39 is 0 Å². The molecule has 2 aromatic carbocycles. The Labute approximate surface area is 230 Å². The topological polar surface area (TPSA) is 66.7 Å². The van der Waals surface area contributed by atoms with Crippen molar-refractivity contribution < 1.29 is 4.79 Å². The van der Waals surface area contributed by atoms with Gasteiger partial charge in [0, 0.05) is 35.8 Å². The van der Waals surface area contributed by atoms with E-state index in [9.17, 15) is 9.59 Å². The molecule has 3 unspecified atom stereocenters. The summed E-state index contributed by atoms with van der Waals surface area (Å²) in [6.45, 7) is 7.20. The smallest absolute Gasteiger partial charge is 0.261 e. The molecule has 2 aromatic heterocycles. The van der Waals surface area contributed by atoms with Crippen molar-refractivity contribution in [2.45, 2.75) is 71.0 Å². The van der Waals surface area contributed by atoms with Crippen LogP contribution in [0.4, 0.5) is 0 Å². The van der Waals surface area contributed by atoms with Gasteiger partial charge in [-0.15, -0.1) is 0 Å². The van der Waals surface area contributed by atoms with Crippen LogP contribution in [0.3, 0.4) is 0 Å². The van der Waals surface area contributed by atoms with Crippen molar-refractivity contribution in [1.82, 2.24) is 19.6 Å². The Morgan fingerprint density at radius 1 is 1.05 bits per heavy atom. The summed E-state index contributed by atoms with van der Waals surface area (Å²) in [5, 5.41) is 3.66. The van der Waals surface area contributed by atoms with Crippen LogP contribution in [0.1, 0.15) is 78.3 Å². The first-order valence-corrected chi connectivity index (χ1v) is 14.1. The van der Waals surface area contributed by atoms with Gasteiger partial charge in [-0.1, -0.05) is 67.4 Å².